The molecule has 5 rings (SSSR count). The van der Waals surface area contributed by atoms with Gasteiger partial charge in [0.15, 0.2) is 22.4 Å². The summed E-state index contributed by atoms with van der Waals surface area (Å²) in [6, 6.07) is 5.55. The van der Waals surface area contributed by atoms with Gasteiger partial charge in [0.05, 0.1) is 18.5 Å². The second-order valence-corrected chi connectivity index (χ2v) is 8.54. The van der Waals surface area contributed by atoms with Gasteiger partial charge in [-0.15, -0.1) is 11.3 Å². The molecule has 0 unspecified atom stereocenters. The lowest BCUT2D eigenvalue weighted by molar-refractivity contribution is 0.0694. The molecular formula is C22H17FN6O5S. The summed E-state index contributed by atoms with van der Waals surface area (Å²) >= 11 is 1.21. The Balaban J connectivity index is 1.43. The number of nitrogens with zero attached hydrogens (tertiary/aromatic N) is 5. The van der Waals surface area contributed by atoms with Crippen molar-refractivity contribution in [3.63, 3.8) is 0 Å². The fraction of sp³-hybridized carbons (Fsp3) is 0.182. The van der Waals surface area contributed by atoms with Crippen LogP contribution in [0.25, 0.3) is 16.2 Å². The largest absolute Gasteiger partial charge is 0.481 e. The van der Waals surface area contributed by atoms with E-state index in [-0.39, 0.29) is 47.6 Å². The second kappa shape index (κ2) is 8.76. The number of amides is 1. The molecule has 0 saturated carbocycles. The molecule has 0 bridgehead atoms. The lowest BCUT2D eigenvalue weighted by Crippen LogP contribution is -2.60. The van der Waals surface area contributed by atoms with Gasteiger partial charge in [0.2, 0.25) is 11.3 Å². The zero-order chi connectivity index (χ0) is 24.7. The number of rotatable bonds is 6. The van der Waals surface area contributed by atoms with E-state index in [1.54, 1.807) is 28.5 Å². The van der Waals surface area contributed by atoms with E-state index in [2.05, 4.69) is 20.3 Å². The number of aromatic carboxylic acids is 1. The first-order valence-corrected chi connectivity index (χ1v) is 11.2. The van der Waals surface area contributed by atoms with E-state index in [1.165, 1.54) is 29.2 Å². The van der Waals surface area contributed by atoms with Gasteiger partial charge >= 0.3 is 5.97 Å². The third kappa shape index (κ3) is 4.05. The Morgan fingerprint density at radius 3 is 2.77 bits per heavy atom. The standard InChI is InChI=1S/C22H17FN6O5S/c1-34-16-4-2-3-15(26-16)20(31)25-11-8-28(9-11)19-14(23)7-12-17(30)13(21(32)33)10-29(18(12)27-19)22-24-5-6-35-22/h2-7,10-11H,8-9H2,1H3,(H,25,31)(H,32,33). The number of ether oxygens (including phenoxy) is 1. The highest BCUT2D eigenvalue weighted by Gasteiger charge is 2.32. The van der Waals surface area contributed by atoms with Crippen LogP contribution in [-0.2, 0) is 0 Å². The van der Waals surface area contributed by atoms with Gasteiger partial charge < -0.3 is 20.1 Å². The van der Waals surface area contributed by atoms with Crippen LogP contribution in [0.15, 0.2) is 46.8 Å². The lowest BCUT2D eigenvalue weighted by Gasteiger charge is -2.40. The molecular weight excluding hydrogens is 479 g/mol. The van der Waals surface area contributed by atoms with Crippen LogP contribution in [0.2, 0.25) is 0 Å². The summed E-state index contributed by atoms with van der Waals surface area (Å²) in [5.41, 5.74) is -1.07. The van der Waals surface area contributed by atoms with Crippen molar-refractivity contribution in [2.75, 3.05) is 25.1 Å². The van der Waals surface area contributed by atoms with E-state index < -0.39 is 22.8 Å². The number of carbonyl (C=O) groups excluding carboxylic acids is 1. The summed E-state index contributed by atoms with van der Waals surface area (Å²) in [6.45, 7) is 0.555. The smallest absolute Gasteiger partial charge is 0.341 e. The van der Waals surface area contributed by atoms with Crippen LogP contribution < -0.4 is 20.4 Å². The van der Waals surface area contributed by atoms with Crippen LogP contribution in [0.5, 0.6) is 5.88 Å². The number of carboxylic acid groups (broad SMARTS) is 1. The fourth-order valence-electron chi connectivity index (χ4n) is 3.73. The van der Waals surface area contributed by atoms with E-state index in [0.717, 1.165) is 12.3 Å². The molecule has 4 aromatic heterocycles. The summed E-state index contributed by atoms with van der Waals surface area (Å²) in [4.78, 5) is 50.9. The number of methoxy groups -OCH3 is 1. The number of fused-ring (bicyclic) bond motifs is 1. The van der Waals surface area contributed by atoms with Crippen molar-refractivity contribution in [2.24, 2.45) is 0 Å². The Bertz CT molecular complexity index is 1520. The number of thiazole rings is 1. The van der Waals surface area contributed by atoms with Crippen molar-refractivity contribution in [1.82, 2.24) is 24.8 Å². The average molecular weight is 496 g/mol. The molecule has 0 atom stereocenters. The van der Waals surface area contributed by atoms with Crippen molar-refractivity contribution in [1.29, 1.82) is 0 Å². The highest BCUT2D eigenvalue weighted by molar-refractivity contribution is 7.12. The van der Waals surface area contributed by atoms with Crippen molar-refractivity contribution in [3.8, 4) is 11.0 Å². The van der Waals surface area contributed by atoms with E-state index in [0.29, 0.717) is 11.0 Å². The van der Waals surface area contributed by atoms with Gasteiger partial charge in [-0.1, -0.05) is 6.07 Å². The summed E-state index contributed by atoms with van der Waals surface area (Å²) in [5, 5.41) is 14.1. The fourth-order valence-corrected chi connectivity index (χ4v) is 4.34. The molecule has 1 saturated heterocycles. The summed E-state index contributed by atoms with van der Waals surface area (Å²) in [5.74, 6) is -2.30. The van der Waals surface area contributed by atoms with Crippen LogP contribution in [0.4, 0.5) is 10.2 Å². The van der Waals surface area contributed by atoms with E-state index in [9.17, 15) is 23.9 Å². The molecule has 0 radical (unpaired) electrons. The minimum atomic E-state index is -1.43. The normalized spacial score (nSPS) is 13.5. The predicted octanol–water partition coefficient (Wildman–Crippen LogP) is 1.70. The van der Waals surface area contributed by atoms with E-state index in [1.807, 2.05) is 0 Å². The maximum atomic E-state index is 15.0. The number of hydrogen-bond donors (Lipinski definition) is 2. The predicted molar refractivity (Wildman–Crippen MR) is 124 cm³/mol. The van der Waals surface area contributed by atoms with Gasteiger partial charge in [-0.25, -0.2) is 24.1 Å². The molecule has 35 heavy (non-hydrogen) atoms. The minimum Gasteiger partial charge on any atom is -0.481 e. The molecule has 13 heteroatoms. The van der Waals surface area contributed by atoms with Crippen LogP contribution >= 0.6 is 11.3 Å². The molecule has 5 heterocycles. The Hall–Kier alpha value is -4.39. The minimum absolute atomic E-state index is 0.0183. The Kier molecular flexibility index (Phi) is 5.61. The Labute approximate surface area is 200 Å². The Morgan fingerprint density at radius 1 is 1.29 bits per heavy atom. The van der Waals surface area contributed by atoms with Crippen LogP contribution in [0.1, 0.15) is 20.8 Å². The van der Waals surface area contributed by atoms with Crippen molar-refractivity contribution >= 4 is 40.1 Å². The number of carboxylic acids is 1. The molecule has 178 valence electrons. The van der Waals surface area contributed by atoms with Crippen molar-refractivity contribution in [2.45, 2.75) is 6.04 Å². The number of nitrogens with one attached hydrogen (secondary N) is 1. The van der Waals surface area contributed by atoms with Crippen LogP contribution in [0, 0.1) is 5.82 Å². The average Bonchev–Trinajstić information content (AvgIpc) is 3.36. The molecule has 0 aromatic carbocycles. The van der Waals surface area contributed by atoms with Crippen molar-refractivity contribution < 1.29 is 23.8 Å². The maximum absolute atomic E-state index is 15.0. The molecule has 0 aliphatic carbocycles. The van der Waals surface area contributed by atoms with Crippen molar-refractivity contribution in [3.05, 3.63) is 69.3 Å². The second-order valence-electron chi connectivity index (χ2n) is 7.67. The molecule has 11 nitrogen and oxygen atoms in total. The third-order valence-electron chi connectivity index (χ3n) is 5.45. The number of carbonyl (C=O) groups is 2. The Morgan fingerprint density at radius 2 is 2.09 bits per heavy atom. The van der Waals surface area contributed by atoms with Crippen LogP contribution in [0.3, 0.4) is 0 Å². The number of aromatic nitrogens is 4. The third-order valence-corrected chi connectivity index (χ3v) is 6.22. The van der Waals surface area contributed by atoms with Crippen LogP contribution in [-0.4, -0.2) is 62.7 Å². The molecule has 1 aliphatic rings. The lowest BCUT2D eigenvalue weighted by atomic mass is 10.1. The van der Waals surface area contributed by atoms with Gasteiger partial charge in [0.1, 0.15) is 11.3 Å². The quantitative estimate of drug-likeness (QED) is 0.408. The number of anilines is 1. The monoisotopic (exact) mass is 496 g/mol. The molecule has 0 spiro atoms. The summed E-state index contributed by atoms with van der Waals surface area (Å²) < 4.78 is 21.4. The first-order valence-electron chi connectivity index (χ1n) is 10.3. The van der Waals surface area contributed by atoms with Gasteiger partial charge in [-0.05, 0) is 12.1 Å². The first-order chi connectivity index (χ1) is 16.9. The molecule has 1 fully saturated rings. The zero-order valence-corrected chi connectivity index (χ0v) is 19.0. The van der Waals surface area contributed by atoms with Gasteiger partial charge in [0, 0.05) is 36.9 Å². The number of pyridine rings is 3. The van der Waals surface area contributed by atoms with E-state index >= 15 is 0 Å². The van der Waals surface area contributed by atoms with Gasteiger partial charge in [0.25, 0.3) is 5.91 Å². The van der Waals surface area contributed by atoms with E-state index in [4.69, 9.17) is 4.74 Å². The molecule has 2 N–H and O–H groups in total. The number of hydrogen-bond acceptors (Lipinski definition) is 9. The molecule has 1 aliphatic heterocycles. The molecule has 4 aromatic rings. The van der Waals surface area contributed by atoms with Gasteiger partial charge in [-0.2, -0.15) is 0 Å². The summed E-state index contributed by atoms with van der Waals surface area (Å²) in [6.07, 6.45) is 2.66. The SMILES string of the molecule is COc1cccc(C(=O)NC2CN(c3nc4c(cc3F)c(=O)c(C(=O)O)cn4-c3nccs3)C2)n1. The van der Waals surface area contributed by atoms with Gasteiger partial charge in [-0.3, -0.25) is 14.2 Å². The highest BCUT2D eigenvalue weighted by atomic mass is 32.1. The number of halogens is 1. The topological polar surface area (TPSA) is 140 Å². The first kappa shape index (κ1) is 22.4. The zero-order valence-electron chi connectivity index (χ0n) is 18.1. The highest BCUT2D eigenvalue weighted by Crippen LogP contribution is 2.27. The summed E-state index contributed by atoms with van der Waals surface area (Å²) in [7, 11) is 1.45. The maximum Gasteiger partial charge on any atom is 0.341 e. The molecule has 1 amide bonds.